The van der Waals surface area contributed by atoms with Gasteiger partial charge in [-0.05, 0) is 52.4 Å². The van der Waals surface area contributed by atoms with Crippen molar-refractivity contribution in [1.29, 1.82) is 0 Å². The molecule has 0 aliphatic carbocycles. The zero-order valence-corrected chi connectivity index (χ0v) is 17.7. The van der Waals surface area contributed by atoms with Gasteiger partial charge < -0.3 is 14.4 Å². The first-order chi connectivity index (χ1) is 13.1. The van der Waals surface area contributed by atoms with Crippen molar-refractivity contribution in [2.75, 3.05) is 26.0 Å². The van der Waals surface area contributed by atoms with E-state index in [1.807, 2.05) is 20.8 Å². The predicted octanol–water partition coefficient (Wildman–Crippen LogP) is 4.51. The van der Waals surface area contributed by atoms with Gasteiger partial charge in [0.2, 0.25) is 0 Å². The molecule has 1 heterocycles. The van der Waals surface area contributed by atoms with Crippen LogP contribution in [0, 0.1) is 17.6 Å². The van der Waals surface area contributed by atoms with Crippen LogP contribution in [-0.2, 0) is 15.5 Å². The third-order valence-electron chi connectivity index (χ3n) is 4.55. The Kier molecular flexibility index (Phi) is 7.80. The molecule has 5 nitrogen and oxygen atoms in total. The van der Waals surface area contributed by atoms with E-state index >= 15 is 0 Å². The maximum atomic E-state index is 13.8. The van der Waals surface area contributed by atoms with Crippen LogP contribution < -0.4 is 4.74 Å². The van der Waals surface area contributed by atoms with Crippen LogP contribution in [0.2, 0.25) is 0 Å². The lowest BCUT2D eigenvalue weighted by Gasteiger charge is -2.33. The molecule has 158 valence electrons. The van der Waals surface area contributed by atoms with Gasteiger partial charge >= 0.3 is 6.09 Å². The molecule has 0 saturated carbocycles. The molecule has 2 rings (SSSR count). The molecule has 1 aromatic carbocycles. The van der Waals surface area contributed by atoms with Gasteiger partial charge in [0.1, 0.15) is 27.9 Å². The summed E-state index contributed by atoms with van der Waals surface area (Å²) in [5.41, 5.74) is -0.491. The molecule has 0 bridgehead atoms. The first-order valence-electron chi connectivity index (χ1n) is 9.50. The van der Waals surface area contributed by atoms with Crippen LogP contribution in [0.15, 0.2) is 17.0 Å². The number of carbonyl (C=O) groups excluding carboxylic acids is 1. The quantitative estimate of drug-likeness (QED) is 0.639. The molecular formula is C20H29F2NO4S. The van der Waals surface area contributed by atoms with Crippen molar-refractivity contribution >= 4 is 16.9 Å². The van der Waals surface area contributed by atoms with Crippen molar-refractivity contribution in [2.45, 2.75) is 57.0 Å². The van der Waals surface area contributed by atoms with E-state index < -0.39 is 32.9 Å². The van der Waals surface area contributed by atoms with Gasteiger partial charge in [-0.1, -0.05) is 0 Å². The Morgan fingerprint density at radius 1 is 1.21 bits per heavy atom. The molecule has 0 spiro atoms. The number of carbonyl (C=O) groups is 1. The monoisotopic (exact) mass is 417 g/mol. The normalized spacial score (nSPS) is 16.7. The highest BCUT2D eigenvalue weighted by atomic mass is 32.2. The lowest BCUT2D eigenvalue weighted by molar-refractivity contribution is 0.0179. The number of ether oxygens (including phenoxy) is 2. The van der Waals surface area contributed by atoms with E-state index in [4.69, 9.17) is 9.47 Å². The van der Waals surface area contributed by atoms with Crippen LogP contribution in [-0.4, -0.2) is 46.8 Å². The standard InChI is InChI=1S/C20H29F2NO4S/c1-20(2,3)27-19(24)23-9-7-14(8-10-23)6-5-11-26-15-12-16(21)18(28(4)25)17(22)13-15/h12-14H,5-11H2,1-4H3. The van der Waals surface area contributed by atoms with Gasteiger partial charge in [-0.15, -0.1) is 0 Å². The van der Waals surface area contributed by atoms with Crippen molar-refractivity contribution in [2.24, 2.45) is 5.92 Å². The van der Waals surface area contributed by atoms with E-state index in [1.54, 1.807) is 4.90 Å². The van der Waals surface area contributed by atoms with Crippen LogP contribution in [0.25, 0.3) is 0 Å². The minimum Gasteiger partial charge on any atom is -0.493 e. The van der Waals surface area contributed by atoms with Crippen molar-refractivity contribution in [3.8, 4) is 5.75 Å². The SMILES string of the molecule is CS(=O)c1c(F)cc(OCCCC2CCN(C(=O)OC(C)(C)C)CC2)cc1F. The Balaban J connectivity index is 1.71. The maximum absolute atomic E-state index is 13.8. The summed E-state index contributed by atoms with van der Waals surface area (Å²) in [7, 11) is -1.73. The van der Waals surface area contributed by atoms with Gasteiger partial charge in [0.25, 0.3) is 0 Å². The van der Waals surface area contributed by atoms with E-state index in [-0.39, 0.29) is 11.8 Å². The largest absolute Gasteiger partial charge is 0.493 e. The second-order valence-electron chi connectivity index (χ2n) is 8.07. The molecule has 28 heavy (non-hydrogen) atoms. The Morgan fingerprint density at radius 3 is 2.29 bits per heavy atom. The second kappa shape index (κ2) is 9.67. The number of benzene rings is 1. The van der Waals surface area contributed by atoms with Gasteiger partial charge in [-0.25, -0.2) is 13.6 Å². The highest BCUT2D eigenvalue weighted by molar-refractivity contribution is 7.84. The molecular weight excluding hydrogens is 388 g/mol. The number of amides is 1. The molecule has 0 N–H and O–H groups in total. The zero-order chi connectivity index (χ0) is 20.9. The van der Waals surface area contributed by atoms with Crippen molar-refractivity contribution in [3.63, 3.8) is 0 Å². The van der Waals surface area contributed by atoms with Crippen LogP contribution in [0.5, 0.6) is 5.75 Å². The van der Waals surface area contributed by atoms with Gasteiger partial charge in [0.15, 0.2) is 0 Å². The fourth-order valence-corrected chi connectivity index (χ4v) is 3.85. The minimum absolute atomic E-state index is 0.101. The van der Waals surface area contributed by atoms with Crippen LogP contribution >= 0.6 is 0 Å². The van der Waals surface area contributed by atoms with Crippen LogP contribution in [0.1, 0.15) is 46.5 Å². The van der Waals surface area contributed by atoms with Crippen LogP contribution in [0.4, 0.5) is 13.6 Å². The fraction of sp³-hybridized carbons (Fsp3) is 0.650. The second-order valence-corrected chi connectivity index (χ2v) is 9.39. The third-order valence-corrected chi connectivity index (χ3v) is 5.52. The Hall–Kier alpha value is -1.70. The molecule has 8 heteroatoms. The molecule has 1 aliphatic rings. The summed E-state index contributed by atoms with van der Waals surface area (Å²) < 4.78 is 49.8. The Bertz CT molecular complexity index is 690. The number of nitrogens with zero attached hydrogens (tertiary/aromatic N) is 1. The molecule has 1 atom stereocenters. The van der Waals surface area contributed by atoms with Gasteiger partial charge in [0.05, 0.1) is 17.4 Å². The van der Waals surface area contributed by atoms with E-state index in [0.29, 0.717) is 25.6 Å². The highest BCUT2D eigenvalue weighted by Gasteiger charge is 2.26. The van der Waals surface area contributed by atoms with Gasteiger partial charge in [0, 0.05) is 31.5 Å². The lowest BCUT2D eigenvalue weighted by atomic mass is 9.92. The summed E-state index contributed by atoms with van der Waals surface area (Å²) in [5.74, 6) is -1.12. The summed E-state index contributed by atoms with van der Waals surface area (Å²) in [5, 5.41) is 0. The Labute approximate surface area is 167 Å². The first-order valence-corrected chi connectivity index (χ1v) is 11.1. The molecule has 1 unspecified atom stereocenters. The summed E-state index contributed by atoms with van der Waals surface area (Å²) in [6.07, 6.45) is 4.44. The average Bonchev–Trinajstić information content (AvgIpc) is 2.57. The molecule has 1 aliphatic heterocycles. The van der Waals surface area contributed by atoms with Crippen molar-refractivity contribution in [1.82, 2.24) is 4.90 Å². The number of hydrogen-bond donors (Lipinski definition) is 0. The number of halogens is 2. The van der Waals surface area contributed by atoms with E-state index in [2.05, 4.69) is 0 Å². The zero-order valence-electron chi connectivity index (χ0n) is 16.9. The number of likely N-dealkylation sites (tertiary alicyclic amines) is 1. The van der Waals surface area contributed by atoms with E-state index in [1.165, 1.54) is 6.26 Å². The average molecular weight is 418 g/mol. The maximum Gasteiger partial charge on any atom is 0.410 e. The summed E-state index contributed by atoms with van der Waals surface area (Å²) in [4.78, 5) is 13.4. The lowest BCUT2D eigenvalue weighted by Crippen LogP contribution is -2.41. The van der Waals surface area contributed by atoms with Crippen LogP contribution in [0.3, 0.4) is 0 Å². The smallest absolute Gasteiger partial charge is 0.410 e. The van der Waals surface area contributed by atoms with Crippen molar-refractivity contribution < 1.29 is 27.3 Å². The first kappa shape index (κ1) is 22.6. The number of hydrogen-bond acceptors (Lipinski definition) is 4. The topological polar surface area (TPSA) is 55.8 Å². The Morgan fingerprint density at radius 2 is 1.79 bits per heavy atom. The van der Waals surface area contributed by atoms with Crippen molar-refractivity contribution in [3.05, 3.63) is 23.8 Å². The fourth-order valence-electron chi connectivity index (χ4n) is 3.19. The summed E-state index contributed by atoms with van der Waals surface area (Å²) in [6.45, 7) is 7.25. The molecule has 1 saturated heterocycles. The molecule has 1 amide bonds. The van der Waals surface area contributed by atoms with E-state index in [0.717, 1.165) is 37.8 Å². The molecule has 1 fully saturated rings. The third kappa shape index (κ3) is 6.72. The molecule has 0 radical (unpaired) electrons. The predicted molar refractivity (Wildman–Crippen MR) is 104 cm³/mol. The number of rotatable bonds is 6. The van der Waals surface area contributed by atoms with E-state index in [9.17, 15) is 17.8 Å². The van der Waals surface area contributed by atoms with Gasteiger partial charge in [-0.2, -0.15) is 0 Å². The van der Waals surface area contributed by atoms with Gasteiger partial charge in [-0.3, -0.25) is 4.21 Å². The minimum atomic E-state index is -1.73. The highest BCUT2D eigenvalue weighted by Crippen LogP contribution is 2.25. The summed E-state index contributed by atoms with van der Waals surface area (Å²) >= 11 is 0. The number of piperidine rings is 1. The summed E-state index contributed by atoms with van der Waals surface area (Å²) in [6, 6.07) is 2.14. The molecule has 1 aromatic rings. The molecule has 0 aromatic heterocycles.